The number of hydrogen-bond donors (Lipinski definition) is 1. The Kier molecular flexibility index (Phi) is 5.18. The maximum atomic E-state index is 13.4. The zero-order chi connectivity index (χ0) is 17.9. The first kappa shape index (κ1) is 17.4. The van der Waals surface area contributed by atoms with Gasteiger partial charge in [-0.05, 0) is 58.5 Å². The summed E-state index contributed by atoms with van der Waals surface area (Å²) in [5.74, 6) is -0.226. The monoisotopic (exact) mass is 413 g/mol. The molecule has 26 heavy (non-hydrogen) atoms. The van der Waals surface area contributed by atoms with Gasteiger partial charge < -0.3 is 5.32 Å². The quantitative estimate of drug-likeness (QED) is 0.637. The molecule has 0 aliphatic heterocycles. The predicted molar refractivity (Wildman–Crippen MR) is 104 cm³/mol. The van der Waals surface area contributed by atoms with Gasteiger partial charge in [-0.25, -0.2) is 4.39 Å². The molecule has 0 saturated heterocycles. The van der Waals surface area contributed by atoms with Gasteiger partial charge in [0.15, 0.2) is 0 Å². The number of nitrogens with zero attached hydrogens (tertiary/aromatic N) is 2. The lowest BCUT2D eigenvalue weighted by atomic mass is 9.92. The first-order valence-electron chi connectivity index (χ1n) is 8.96. The Balaban J connectivity index is 1.48. The average molecular weight is 414 g/mol. The molecule has 1 aliphatic rings. The van der Waals surface area contributed by atoms with Gasteiger partial charge in [-0.3, -0.25) is 4.68 Å². The van der Waals surface area contributed by atoms with Crippen molar-refractivity contribution in [3.8, 4) is 0 Å². The van der Waals surface area contributed by atoms with Crippen LogP contribution in [0.5, 0.6) is 0 Å². The summed E-state index contributed by atoms with van der Waals surface area (Å²) in [6, 6.07) is 15.9. The molecule has 0 amide bonds. The first-order chi connectivity index (χ1) is 12.7. The van der Waals surface area contributed by atoms with E-state index in [2.05, 4.69) is 55.3 Å². The Labute approximate surface area is 161 Å². The molecule has 1 atom stereocenters. The highest BCUT2D eigenvalue weighted by atomic mass is 79.9. The Morgan fingerprint density at radius 3 is 2.81 bits per heavy atom. The van der Waals surface area contributed by atoms with Gasteiger partial charge in [0.05, 0.1) is 17.2 Å². The van der Waals surface area contributed by atoms with E-state index >= 15 is 0 Å². The summed E-state index contributed by atoms with van der Waals surface area (Å²) < 4.78 is 16.0. The van der Waals surface area contributed by atoms with Crippen molar-refractivity contribution in [2.24, 2.45) is 0 Å². The average Bonchev–Trinajstić information content (AvgIpc) is 3.07. The van der Waals surface area contributed by atoms with Crippen molar-refractivity contribution in [1.82, 2.24) is 15.1 Å². The van der Waals surface area contributed by atoms with E-state index in [4.69, 9.17) is 0 Å². The fourth-order valence-electron chi connectivity index (χ4n) is 3.61. The molecule has 0 unspecified atom stereocenters. The number of hydrogen-bond acceptors (Lipinski definition) is 2. The van der Waals surface area contributed by atoms with E-state index in [1.54, 1.807) is 0 Å². The third-order valence-corrected chi connectivity index (χ3v) is 5.58. The lowest BCUT2D eigenvalue weighted by Gasteiger charge is -2.24. The Morgan fingerprint density at radius 2 is 2.00 bits per heavy atom. The number of fused-ring (bicyclic) bond motifs is 1. The molecule has 0 bridgehead atoms. The smallest absolute Gasteiger partial charge is 0.137 e. The topological polar surface area (TPSA) is 29.9 Å². The molecule has 1 N–H and O–H groups in total. The van der Waals surface area contributed by atoms with E-state index in [0.29, 0.717) is 17.1 Å². The lowest BCUT2D eigenvalue weighted by molar-refractivity contribution is 0.449. The third-order valence-electron chi connectivity index (χ3n) is 4.97. The van der Waals surface area contributed by atoms with Crippen LogP contribution in [0.3, 0.4) is 0 Å². The highest BCUT2D eigenvalue weighted by Gasteiger charge is 2.24. The van der Waals surface area contributed by atoms with Crippen LogP contribution < -0.4 is 5.32 Å². The summed E-state index contributed by atoms with van der Waals surface area (Å²) in [6.07, 6.45) is 5.34. The van der Waals surface area contributed by atoms with Crippen molar-refractivity contribution in [1.29, 1.82) is 0 Å². The molecule has 1 aromatic heterocycles. The summed E-state index contributed by atoms with van der Waals surface area (Å²) >= 11 is 3.26. The number of rotatable bonds is 5. The molecule has 134 valence electrons. The van der Waals surface area contributed by atoms with Gasteiger partial charge in [0.25, 0.3) is 0 Å². The summed E-state index contributed by atoms with van der Waals surface area (Å²) in [5, 5.41) is 8.26. The summed E-state index contributed by atoms with van der Waals surface area (Å²) in [4.78, 5) is 0. The minimum Gasteiger partial charge on any atom is -0.306 e. The fraction of sp³-hybridized carbons (Fsp3) is 0.286. The van der Waals surface area contributed by atoms with Crippen molar-refractivity contribution >= 4 is 15.9 Å². The minimum absolute atomic E-state index is 0.226. The molecule has 1 aliphatic carbocycles. The molecule has 3 nitrogen and oxygen atoms in total. The van der Waals surface area contributed by atoms with Crippen LogP contribution in [0.1, 0.15) is 41.3 Å². The molecule has 0 radical (unpaired) electrons. The molecule has 3 aromatic rings. The Bertz CT molecular complexity index is 892. The van der Waals surface area contributed by atoms with Crippen molar-refractivity contribution in [3.63, 3.8) is 0 Å². The lowest BCUT2D eigenvalue weighted by Crippen LogP contribution is -2.25. The summed E-state index contributed by atoms with van der Waals surface area (Å²) in [6.45, 7) is 1.53. The fourth-order valence-corrected chi connectivity index (χ4v) is 4.04. The van der Waals surface area contributed by atoms with E-state index in [0.717, 1.165) is 31.4 Å². The van der Waals surface area contributed by atoms with Gasteiger partial charge in [0, 0.05) is 23.8 Å². The number of halogens is 2. The van der Waals surface area contributed by atoms with Crippen molar-refractivity contribution < 1.29 is 4.39 Å². The Hall–Kier alpha value is -1.98. The van der Waals surface area contributed by atoms with Crippen LogP contribution >= 0.6 is 15.9 Å². The highest BCUT2D eigenvalue weighted by Crippen LogP contribution is 2.30. The maximum absolute atomic E-state index is 13.4. The molecule has 4 rings (SSSR count). The molecule has 5 heteroatoms. The highest BCUT2D eigenvalue weighted by molar-refractivity contribution is 9.10. The number of aromatic nitrogens is 2. The molecular weight excluding hydrogens is 393 g/mol. The second-order valence-electron chi connectivity index (χ2n) is 6.76. The van der Waals surface area contributed by atoms with Crippen LogP contribution in [0.25, 0.3) is 0 Å². The van der Waals surface area contributed by atoms with Crippen LogP contribution in [0.4, 0.5) is 4.39 Å². The summed E-state index contributed by atoms with van der Waals surface area (Å²) in [5.41, 5.74) is 4.97. The molecule has 1 heterocycles. The third kappa shape index (κ3) is 3.74. The second kappa shape index (κ2) is 7.72. The minimum atomic E-state index is -0.226. The standard InChI is InChI=1S/C21H21BrFN3/c22-18-11-16(9-10-19(18)23)12-24-20-7-4-8-21-17(20)13-25-26(21)14-15-5-2-1-3-6-15/h1-3,5-6,9-11,13,20,24H,4,7-8,12,14H2/t20-/m0/s1. The maximum Gasteiger partial charge on any atom is 0.137 e. The van der Waals surface area contributed by atoms with Gasteiger partial charge in [0.2, 0.25) is 0 Å². The molecule has 0 fully saturated rings. The van der Waals surface area contributed by atoms with Crippen molar-refractivity contribution in [2.45, 2.75) is 38.4 Å². The number of nitrogens with one attached hydrogen (secondary N) is 1. The molecule has 0 spiro atoms. The van der Waals surface area contributed by atoms with Crippen LogP contribution in [-0.4, -0.2) is 9.78 Å². The van der Waals surface area contributed by atoms with Crippen LogP contribution in [-0.2, 0) is 19.5 Å². The van der Waals surface area contributed by atoms with E-state index in [9.17, 15) is 4.39 Å². The van der Waals surface area contributed by atoms with E-state index in [1.165, 1.54) is 22.9 Å². The van der Waals surface area contributed by atoms with Crippen LogP contribution in [0.15, 0.2) is 59.2 Å². The summed E-state index contributed by atoms with van der Waals surface area (Å²) in [7, 11) is 0. The molecule has 2 aromatic carbocycles. The van der Waals surface area contributed by atoms with Crippen molar-refractivity contribution in [2.75, 3.05) is 0 Å². The number of benzene rings is 2. The van der Waals surface area contributed by atoms with Crippen LogP contribution in [0, 0.1) is 5.82 Å². The van der Waals surface area contributed by atoms with Gasteiger partial charge in [0.1, 0.15) is 5.82 Å². The predicted octanol–water partition coefficient (Wildman–Crippen LogP) is 5.00. The SMILES string of the molecule is Fc1ccc(CN[C@H]2CCCc3c2cnn3Cc2ccccc2)cc1Br. The largest absolute Gasteiger partial charge is 0.306 e. The van der Waals surface area contributed by atoms with Gasteiger partial charge in [-0.15, -0.1) is 0 Å². The zero-order valence-electron chi connectivity index (χ0n) is 14.5. The van der Waals surface area contributed by atoms with Gasteiger partial charge >= 0.3 is 0 Å². The van der Waals surface area contributed by atoms with Gasteiger partial charge in [-0.2, -0.15) is 5.10 Å². The second-order valence-corrected chi connectivity index (χ2v) is 7.62. The molecule has 0 saturated carbocycles. The van der Waals surface area contributed by atoms with E-state index < -0.39 is 0 Å². The Morgan fingerprint density at radius 1 is 1.15 bits per heavy atom. The first-order valence-corrected chi connectivity index (χ1v) is 9.76. The van der Waals surface area contributed by atoms with E-state index in [-0.39, 0.29) is 5.82 Å². The van der Waals surface area contributed by atoms with E-state index in [1.807, 2.05) is 24.4 Å². The van der Waals surface area contributed by atoms with Gasteiger partial charge in [-0.1, -0.05) is 36.4 Å². The normalized spacial score (nSPS) is 16.5. The van der Waals surface area contributed by atoms with Crippen LogP contribution in [0.2, 0.25) is 0 Å². The van der Waals surface area contributed by atoms with Crippen molar-refractivity contribution in [3.05, 3.63) is 87.4 Å². The molecular formula is C21H21BrFN3. The zero-order valence-corrected chi connectivity index (χ0v) is 16.0.